The van der Waals surface area contributed by atoms with Crippen LogP contribution in [0.5, 0.6) is 5.75 Å². The molecule has 1 aliphatic rings. The molecular weight excluding hydrogens is 408 g/mol. The molecule has 3 amide bonds. The first kappa shape index (κ1) is 17.5. The fourth-order valence-electron chi connectivity index (χ4n) is 2.43. The number of hydrogen-bond donors (Lipinski definition) is 1. The number of nitrogens with one attached hydrogen (secondary N) is 1. The number of methoxy groups -OCH3 is 1. The van der Waals surface area contributed by atoms with E-state index >= 15 is 0 Å². The molecule has 5 nitrogen and oxygen atoms in total. The molecule has 0 bridgehead atoms. The number of halogens is 2. The van der Waals surface area contributed by atoms with Gasteiger partial charge in [0.05, 0.1) is 18.1 Å². The number of carbonyl (C=O) groups is 2. The molecule has 2 aromatic carbocycles. The number of carbonyl (C=O) groups excluding carboxylic acids is 2. The molecular formula is C18H14BrClN2O3. The lowest BCUT2D eigenvalue weighted by Gasteiger charge is -2.11. The predicted molar refractivity (Wildman–Crippen MR) is 99.2 cm³/mol. The van der Waals surface area contributed by atoms with Crippen LogP contribution >= 0.6 is 27.5 Å². The molecule has 0 spiro atoms. The van der Waals surface area contributed by atoms with Gasteiger partial charge in [0, 0.05) is 5.02 Å². The lowest BCUT2D eigenvalue weighted by molar-refractivity contribution is -0.123. The number of benzene rings is 2. The molecule has 25 heavy (non-hydrogen) atoms. The zero-order chi connectivity index (χ0) is 18.0. The van der Waals surface area contributed by atoms with Gasteiger partial charge < -0.3 is 10.1 Å². The zero-order valence-electron chi connectivity index (χ0n) is 13.3. The van der Waals surface area contributed by atoms with E-state index in [4.69, 9.17) is 16.3 Å². The summed E-state index contributed by atoms with van der Waals surface area (Å²) in [4.78, 5) is 25.8. The van der Waals surface area contributed by atoms with Gasteiger partial charge in [-0.25, -0.2) is 4.79 Å². The van der Waals surface area contributed by atoms with E-state index in [9.17, 15) is 9.59 Å². The maximum atomic E-state index is 12.5. The fourth-order valence-corrected chi connectivity index (χ4v) is 3.11. The minimum Gasteiger partial charge on any atom is -0.496 e. The topological polar surface area (TPSA) is 58.6 Å². The highest BCUT2D eigenvalue weighted by Gasteiger charge is 2.33. The molecule has 0 aromatic heterocycles. The van der Waals surface area contributed by atoms with Crippen molar-refractivity contribution in [2.45, 2.75) is 6.54 Å². The molecule has 0 saturated carbocycles. The third-order valence-corrected chi connectivity index (χ3v) is 4.57. The van der Waals surface area contributed by atoms with Gasteiger partial charge in [-0.3, -0.25) is 9.69 Å². The molecule has 3 rings (SSSR count). The maximum absolute atomic E-state index is 12.5. The summed E-state index contributed by atoms with van der Waals surface area (Å²) in [5.74, 6) is 0.320. The predicted octanol–water partition coefficient (Wildman–Crippen LogP) is 4.20. The van der Waals surface area contributed by atoms with Crippen LogP contribution < -0.4 is 10.1 Å². The largest absolute Gasteiger partial charge is 0.496 e. The zero-order valence-corrected chi connectivity index (χ0v) is 15.6. The Kier molecular flexibility index (Phi) is 5.11. The highest BCUT2D eigenvalue weighted by atomic mass is 79.9. The Morgan fingerprint density at radius 3 is 2.56 bits per heavy atom. The molecule has 2 aromatic rings. The van der Waals surface area contributed by atoms with Gasteiger partial charge in [-0.1, -0.05) is 29.8 Å². The van der Waals surface area contributed by atoms with Gasteiger partial charge in [0.2, 0.25) is 0 Å². The van der Waals surface area contributed by atoms with Crippen molar-refractivity contribution in [2.75, 3.05) is 7.11 Å². The van der Waals surface area contributed by atoms with Crippen molar-refractivity contribution in [3.8, 4) is 5.75 Å². The summed E-state index contributed by atoms with van der Waals surface area (Å²) in [7, 11) is 1.58. The van der Waals surface area contributed by atoms with Crippen molar-refractivity contribution in [1.29, 1.82) is 0 Å². The molecule has 128 valence electrons. The van der Waals surface area contributed by atoms with Crippen molar-refractivity contribution >= 4 is 45.5 Å². The van der Waals surface area contributed by atoms with E-state index < -0.39 is 6.03 Å². The van der Waals surface area contributed by atoms with Crippen LogP contribution in [-0.4, -0.2) is 23.9 Å². The average Bonchev–Trinajstić information content (AvgIpc) is 2.84. The van der Waals surface area contributed by atoms with E-state index in [0.717, 1.165) is 20.5 Å². The summed E-state index contributed by atoms with van der Waals surface area (Å²) < 4.78 is 5.94. The Morgan fingerprint density at radius 1 is 1.20 bits per heavy atom. The number of rotatable bonds is 4. The number of nitrogens with zero attached hydrogens (tertiary/aromatic N) is 1. The van der Waals surface area contributed by atoms with Crippen molar-refractivity contribution < 1.29 is 14.3 Å². The maximum Gasteiger partial charge on any atom is 0.329 e. The minimum absolute atomic E-state index is 0.186. The molecule has 0 radical (unpaired) electrons. The van der Waals surface area contributed by atoms with Crippen LogP contribution in [0, 0.1) is 0 Å². The second-order valence-electron chi connectivity index (χ2n) is 5.40. The van der Waals surface area contributed by atoms with Crippen LogP contribution in [0.2, 0.25) is 5.02 Å². The summed E-state index contributed by atoms with van der Waals surface area (Å²) in [5, 5.41) is 3.21. The van der Waals surface area contributed by atoms with Gasteiger partial charge in [0.1, 0.15) is 11.4 Å². The second kappa shape index (κ2) is 7.29. The minimum atomic E-state index is -0.446. The van der Waals surface area contributed by atoms with Crippen LogP contribution in [0.3, 0.4) is 0 Å². The Labute approximate surface area is 158 Å². The molecule has 1 N–H and O–H groups in total. The number of amides is 3. The lowest BCUT2D eigenvalue weighted by atomic mass is 10.1. The average molecular weight is 422 g/mol. The molecule has 7 heteroatoms. The van der Waals surface area contributed by atoms with Gasteiger partial charge in [-0.15, -0.1) is 0 Å². The number of hydrogen-bond acceptors (Lipinski definition) is 3. The van der Waals surface area contributed by atoms with E-state index in [1.807, 2.05) is 6.07 Å². The molecule has 0 aliphatic carbocycles. The van der Waals surface area contributed by atoms with Crippen molar-refractivity contribution in [3.63, 3.8) is 0 Å². The van der Waals surface area contributed by atoms with E-state index in [2.05, 4.69) is 21.2 Å². The second-order valence-corrected chi connectivity index (χ2v) is 6.69. The first-order valence-electron chi connectivity index (χ1n) is 7.40. The Morgan fingerprint density at radius 2 is 1.92 bits per heavy atom. The highest BCUT2D eigenvalue weighted by molar-refractivity contribution is 9.10. The van der Waals surface area contributed by atoms with Gasteiger partial charge >= 0.3 is 6.03 Å². The van der Waals surface area contributed by atoms with Crippen molar-refractivity contribution in [1.82, 2.24) is 10.2 Å². The first-order valence-corrected chi connectivity index (χ1v) is 8.57. The molecule has 0 atom stereocenters. The Hall–Kier alpha value is -2.31. The monoisotopic (exact) mass is 420 g/mol. The molecule has 0 unspecified atom stereocenters. The summed E-state index contributed by atoms with van der Waals surface area (Å²) in [5.41, 5.74) is 1.82. The smallest absolute Gasteiger partial charge is 0.329 e. The third kappa shape index (κ3) is 3.86. The molecule has 1 heterocycles. The quantitative estimate of drug-likeness (QED) is 0.594. The molecule has 1 aliphatic heterocycles. The van der Waals surface area contributed by atoms with Crippen LogP contribution in [0.4, 0.5) is 4.79 Å². The number of imide groups is 1. The van der Waals surface area contributed by atoms with Crippen LogP contribution in [0.25, 0.3) is 6.08 Å². The summed E-state index contributed by atoms with van der Waals surface area (Å²) in [6.07, 6.45) is 1.63. The fraction of sp³-hybridized carbons (Fsp3) is 0.111. The van der Waals surface area contributed by atoms with E-state index in [-0.39, 0.29) is 18.1 Å². The number of urea groups is 1. The van der Waals surface area contributed by atoms with E-state index in [1.165, 1.54) is 0 Å². The number of ether oxygens (including phenoxy) is 1. The van der Waals surface area contributed by atoms with Gasteiger partial charge in [0.25, 0.3) is 5.91 Å². The van der Waals surface area contributed by atoms with Crippen LogP contribution in [-0.2, 0) is 11.3 Å². The summed E-state index contributed by atoms with van der Waals surface area (Å²) in [6, 6.07) is 12.0. The lowest BCUT2D eigenvalue weighted by Crippen LogP contribution is -2.30. The standard InChI is InChI=1S/C18H14BrClN2O3/c1-25-16-7-4-12(8-14(16)19)9-15-17(23)22(18(24)21-15)10-11-2-5-13(20)6-3-11/h2-9H,10H2,1H3,(H,21,24)/b15-9-. The van der Waals surface area contributed by atoms with Gasteiger partial charge in [-0.05, 0) is 57.4 Å². The van der Waals surface area contributed by atoms with Crippen LogP contribution in [0.1, 0.15) is 11.1 Å². The Bertz CT molecular complexity index is 865. The highest BCUT2D eigenvalue weighted by Crippen LogP contribution is 2.27. The summed E-state index contributed by atoms with van der Waals surface area (Å²) >= 11 is 9.25. The van der Waals surface area contributed by atoms with Gasteiger partial charge in [-0.2, -0.15) is 0 Å². The van der Waals surface area contributed by atoms with Crippen molar-refractivity contribution in [2.24, 2.45) is 0 Å². The Balaban J connectivity index is 1.80. The van der Waals surface area contributed by atoms with Crippen LogP contribution in [0.15, 0.2) is 52.6 Å². The van der Waals surface area contributed by atoms with Gasteiger partial charge in [0.15, 0.2) is 0 Å². The molecule has 1 saturated heterocycles. The summed E-state index contributed by atoms with van der Waals surface area (Å²) in [6.45, 7) is 0.186. The molecule has 1 fully saturated rings. The van der Waals surface area contributed by atoms with E-state index in [1.54, 1.807) is 49.6 Å². The van der Waals surface area contributed by atoms with Crippen molar-refractivity contribution in [3.05, 3.63) is 68.8 Å². The van der Waals surface area contributed by atoms with E-state index in [0.29, 0.717) is 10.8 Å². The normalized spacial score (nSPS) is 15.6. The first-order chi connectivity index (χ1) is 12.0. The third-order valence-electron chi connectivity index (χ3n) is 3.70. The SMILES string of the molecule is COc1ccc(/C=C2\NC(=O)N(Cc3ccc(Cl)cc3)C2=O)cc1Br.